The highest BCUT2D eigenvalue weighted by molar-refractivity contribution is 7.09. The zero-order chi connectivity index (χ0) is 20.9. The number of carbonyl (C=O) groups excluding carboxylic acids is 1. The summed E-state index contributed by atoms with van der Waals surface area (Å²) in [5.41, 5.74) is 4.66. The molecule has 3 aromatic rings. The van der Waals surface area contributed by atoms with Crippen LogP contribution in [0.4, 0.5) is 10.5 Å². The molecular weight excluding hydrogens is 394 g/mol. The second-order valence-electron chi connectivity index (χ2n) is 7.33. The minimum absolute atomic E-state index is 0.0646. The van der Waals surface area contributed by atoms with Gasteiger partial charge in [-0.2, -0.15) is 5.26 Å². The molecule has 0 radical (unpaired) electrons. The first-order valence-electron chi connectivity index (χ1n) is 9.90. The first-order valence-corrected chi connectivity index (χ1v) is 10.8. The number of urea groups is 1. The van der Waals surface area contributed by atoms with E-state index in [2.05, 4.69) is 21.3 Å². The van der Waals surface area contributed by atoms with Crippen LogP contribution in [-0.4, -0.2) is 47.0 Å². The Balaban J connectivity index is 1.27. The maximum Gasteiger partial charge on any atom is 0.321 e. The fourth-order valence-corrected chi connectivity index (χ4v) is 4.10. The average molecular weight is 418 g/mol. The summed E-state index contributed by atoms with van der Waals surface area (Å²) in [6.07, 6.45) is 0. The van der Waals surface area contributed by atoms with Crippen molar-refractivity contribution in [2.45, 2.75) is 13.5 Å². The normalized spacial score (nSPS) is 14.3. The van der Waals surface area contributed by atoms with Crippen LogP contribution in [0, 0.1) is 18.3 Å². The van der Waals surface area contributed by atoms with Gasteiger partial charge in [-0.3, -0.25) is 4.90 Å². The van der Waals surface area contributed by atoms with E-state index >= 15 is 0 Å². The molecule has 152 valence electrons. The van der Waals surface area contributed by atoms with Gasteiger partial charge in [-0.25, -0.2) is 9.78 Å². The van der Waals surface area contributed by atoms with Crippen molar-refractivity contribution in [2.75, 3.05) is 31.5 Å². The summed E-state index contributed by atoms with van der Waals surface area (Å²) >= 11 is 1.63. The van der Waals surface area contributed by atoms with E-state index in [-0.39, 0.29) is 6.03 Å². The van der Waals surface area contributed by atoms with Crippen LogP contribution in [0.5, 0.6) is 0 Å². The molecule has 2 aromatic carbocycles. The quantitative estimate of drug-likeness (QED) is 0.685. The molecule has 0 atom stereocenters. The summed E-state index contributed by atoms with van der Waals surface area (Å²) in [5, 5.41) is 15.0. The van der Waals surface area contributed by atoms with Crippen LogP contribution in [0.1, 0.15) is 16.1 Å². The molecule has 1 N–H and O–H groups in total. The number of hydrogen-bond acceptors (Lipinski definition) is 5. The zero-order valence-electron chi connectivity index (χ0n) is 16.8. The van der Waals surface area contributed by atoms with E-state index < -0.39 is 0 Å². The van der Waals surface area contributed by atoms with Gasteiger partial charge in [-0.05, 0) is 36.8 Å². The third-order valence-electron chi connectivity index (χ3n) is 5.20. The SMILES string of the molecule is Cc1nc(-c2ccc(NC(=O)N3CCN(Cc4ccc(C#N)cc4)CC3)cc2)cs1. The molecule has 1 saturated heterocycles. The number of piperazine rings is 1. The minimum Gasteiger partial charge on any atom is -0.322 e. The van der Waals surface area contributed by atoms with E-state index in [1.807, 2.05) is 65.7 Å². The minimum atomic E-state index is -0.0646. The third-order valence-corrected chi connectivity index (χ3v) is 5.97. The van der Waals surface area contributed by atoms with Gasteiger partial charge < -0.3 is 10.2 Å². The summed E-state index contributed by atoms with van der Waals surface area (Å²) in [6, 6.07) is 17.6. The van der Waals surface area contributed by atoms with Crippen LogP contribution >= 0.6 is 11.3 Å². The molecule has 6 nitrogen and oxygen atoms in total. The number of rotatable bonds is 4. The van der Waals surface area contributed by atoms with E-state index in [1.165, 1.54) is 5.56 Å². The summed E-state index contributed by atoms with van der Waals surface area (Å²) in [4.78, 5) is 21.3. The molecule has 0 spiro atoms. The molecule has 0 aliphatic carbocycles. The van der Waals surface area contributed by atoms with Gasteiger partial charge in [0, 0.05) is 49.4 Å². The molecule has 1 aromatic heterocycles. The van der Waals surface area contributed by atoms with Gasteiger partial charge in [0.2, 0.25) is 0 Å². The molecule has 30 heavy (non-hydrogen) atoms. The number of aryl methyl sites for hydroxylation is 1. The van der Waals surface area contributed by atoms with E-state index in [1.54, 1.807) is 11.3 Å². The summed E-state index contributed by atoms with van der Waals surface area (Å²) in [5.74, 6) is 0. The molecule has 1 aliphatic heterocycles. The smallest absolute Gasteiger partial charge is 0.321 e. The Labute approximate surface area is 180 Å². The average Bonchev–Trinajstić information content (AvgIpc) is 3.21. The molecule has 0 unspecified atom stereocenters. The van der Waals surface area contributed by atoms with E-state index in [0.717, 1.165) is 41.6 Å². The Bertz CT molecular complexity index is 1040. The van der Waals surface area contributed by atoms with Crippen LogP contribution in [-0.2, 0) is 6.54 Å². The summed E-state index contributed by atoms with van der Waals surface area (Å²) < 4.78 is 0. The fraction of sp³-hybridized carbons (Fsp3) is 0.261. The number of nitrogens with one attached hydrogen (secondary N) is 1. The number of amides is 2. The van der Waals surface area contributed by atoms with E-state index in [4.69, 9.17) is 5.26 Å². The Kier molecular flexibility index (Phi) is 6.07. The van der Waals surface area contributed by atoms with Gasteiger partial charge in [-0.15, -0.1) is 11.3 Å². The van der Waals surface area contributed by atoms with Gasteiger partial charge in [0.1, 0.15) is 0 Å². The number of nitriles is 1. The number of nitrogens with zero attached hydrogens (tertiary/aromatic N) is 4. The topological polar surface area (TPSA) is 72.3 Å². The monoisotopic (exact) mass is 417 g/mol. The lowest BCUT2D eigenvalue weighted by atomic mass is 10.1. The Morgan fingerprint density at radius 2 is 1.80 bits per heavy atom. The van der Waals surface area contributed by atoms with Gasteiger partial charge in [0.15, 0.2) is 0 Å². The van der Waals surface area contributed by atoms with Crippen molar-refractivity contribution < 1.29 is 4.79 Å². The van der Waals surface area contributed by atoms with E-state index in [0.29, 0.717) is 18.7 Å². The number of hydrogen-bond donors (Lipinski definition) is 1. The molecule has 4 rings (SSSR count). The lowest BCUT2D eigenvalue weighted by molar-refractivity contribution is 0.143. The summed E-state index contributed by atoms with van der Waals surface area (Å²) in [6.45, 7) is 5.87. The third kappa shape index (κ3) is 4.85. The van der Waals surface area contributed by atoms with Crippen molar-refractivity contribution in [2.24, 2.45) is 0 Å². The zero-order valence-corrected chi connectivity index (χ0v) is 17.7. The predicted octanol–water partition coefficient (Wildman–Crippen LogP) is 4.34. The van der Waals surface area contributed by atoms with Crippen molar-refractivity contribution in [1.82, 2.24) is 14.8 Å². The number of benzene rings is 2. The molecule has 0 saturated carbocycles. The highest BCUT2D eigenvalue weighted by Gasteiger charge is 2.21. The molecule has 1 fully saturated rings. The molecule has 1 aliphatic rings. The first kappa shape index (κ1) is 20.1. The summed E-state index contributed by atoms with van der Waals surface area (Å²) in [7, 11) is 0. The Morgan fingerprint density at radius 3 is 2.40 bits per heavy atom. The lowest BCUT2D eigenvalue weighted by Gasteiger charge is -2.34. The predicted molar refractivity (Wildman–Crippen MR) is 119 cm³/mol. The second-order valence-corrected chi connectivity index (χ2v) is 8.39. The number of carbonyl (C=O) groups is 1. The van der Waals surface area contributed by atoms with Crippen molar-refractivity contribution >= 4 is 23.1 Å². The molecular formula is C23H23N5OS. The maximum atomic E-state index is 12.6. The van der Waals surface area contributed by atoms with Crippen LogP contribution in [0.3, 0.4) is 0 Å². The van der Waals surface area contributed by atoms with Crippen LogP contribution in [0.25, 0.3) is 11.3 Å². The van der Waals surface area contributed by atoms with Gasteiger partial charge >= 0.3 is 6.03 Å². The fourth-order valence-electron chi connectivity index (χ4n) is 3.47. The van der Waals surface area contributed by atoms with Gasteiger partial charge in [-0.1, -0.05) is 24.3 Å². The van der Waals surface area contributed by atoms with E-state index in [9.17, 15) is 4.79 Å². The first-order chi connectivity index (χ1) is 14.6. The second kappa shape index (κ2) is 9.08. The maximum absolute atomic E-state index is 12.6. The van der Waals surface area contributed by atoms with Crippen LogP contribution in [0.2, 0.25) is 0 Å². The highest BCUT2D eigenvalue weighted by Crippen LogP contribution is 2.23. The number of thiazole rings is 1. The van der Waals surface area contributed by atoms with Crippen LogP contribution in [0.15, 0.2) is 53.9 Å². The largest absolute Gasteiger partial charge is 0.322 e. The van der Waals surface area contributed by atoms with Crippen LogP contribution < -0.4 is 5.32 Å². The van der Waals surface area contributed by atoms with Gasteiger partial charge in [0.25, 0.3) is 0 Å². The highest BCUT2D eigenvalue weighted by atomic mass is 32.1. The molecule has 2 amide bonds. The standard InChI is InChI=1S/C23H23N5OS/c1-17-25-22(16-30-17)20-6-8-21(9-7-20)26-23(29)28-12-10-27(11-13-28)15-19-4-2-18(14-24)3-5-19/h2-9,16H,10-13,15H2,1H3,(H,26,29). The van der Waals surface area contributed by atoms with Crippen molar-refractivity contribution in [1.29, 1.82) is 5.26 Å². The van der Waals surface area contributed by atoms with Crippen molar-refractivity contribution in [3.63, 3.8) is 0 Å². The van der Waals surface area contributed by atoms with Gasteiger partial charge in [0.05, 0.1) is 22.3 Å². The Morgan fingerprint density at radius 1 is 1.10 bits per heavy atom. The molecule has 0 bridgehead atoms. The van der Waals surface area contributed by atoms with Crippen molar-refractivity contribution in [3.8, 4) is 17.3 Å². The molecule has 2 heterocycles. The molecule has 7 heteroatoms. The number of aromatic nitrogens is 1. The van der Waals surface area contributed by atoms with Crippen molar-refractivity contribution in [3.05, 3.63) is 70.0 Å². The lowest BCUT2D eigenvalue weighted by Crippen LogP contribution is -2.49. The Hall–Kier alpha value is -3.21. The number of anilines is 1.